The van der Waals surface area contributed by atoms with Crippen LogP contribution in [0.2, 0.25) is 0 Å². The van der Waals surface area contributed by atoms with Crippen LogP contribution in [-0.2, 0) is 13.1 Å². The Morgan fingerprint density at radius 1 is 1.43 bits per heavy atom. The van der Waals surface area contributed by atoms with Gasteiger partial charge in [0.2, 0.25) is 5.82 Å². The van der Waals surface area contributed by atoms with E-state index >= 15 is 0 Å². The summed E-state index contributed by atoms with van der Waals surface area (Å²) in [5.74, 6) is 0.407. The lowest BCUT2D eigenvalue weighted by Crippen LogP contribution is -2.08. The van der Waals surface area contributed by atoms with Crippen molar-refractivity contribution in [3.63, 3.8) is 0 Å². The molecule has 0 spiro atoms. The molecule has 1 N–H and O–H groups in total. The Morgan fingerprint density at radius 2 is 2.10 bits per heavy atom. The summed E-state index contributed by atoms with van der Waals surface area (Å²) in [6.45, 7) is 4.47. The number of nitrogens with one attached hydrogen (secondary N) is 1. The third-order valence-electron chi connectivity index (χ3n) is 3.12. The molecule has 0 saturated carbocycles. The Bertz CT molecular complexity index is 697. The molecule has 0 radical (unpaired) electrons. The van der Waals surface area contributed by atoms with Gasteiger partial charge in [0, 0.05) is 13.1 Å². The second-order valence-electron chi connectivity index (χ2n) is 4.52. The van der Waals surface area contributed by atoms with Gasteiger partial charge in [-0.05, 0) is 31.5 Å². The van der Waals surface area contributed by atoms with Crippen molar-refractivity contribution in [3.8, 4) is 6.07 Å². The van der Waals surface area contributed by atoms with Gasteiger partial charge in [0.25, 0.3) is 0 Å². The summed E-state index contributed by atoms with van der Waals surface area (Å²) in [5, 5.41) is 27.1. The lowest BCUT2D eigenvalue weighted by atomic mass is 10.1. The van der Waals surface area contributed by atoms with E-state index in [-0.39, 0.29) is 5.69 Å². The number of hydrogen-bond acceptors (Lipinski definition) is 5. The van der Waals surface area contributed by atoms with Crippen LogP contribution in [0.4, 0.5) is 11.5 Å². The zero-order chi connectivity index (χ0) is 15.4. The summed E-state index contributed by atoms with van der Waals surface area (Å²) in [5.41, 5.74) is 1.92. The molecular formula is C14H15N5O2. The van der Waals surface area contributed by atoms with E-state index in [9.17, 15) is 10.1 Å². The first-order valence-electron chi connectivity index (χ1n) is 6.51. The number of anilines is 1. The molecule has 108 valence electrons. The van der Waals surface area contributed by atoms with Gasteiger partial charge in [-0.1, -0.05) is 12.1 Å². The van der Waals surface area contributed by atoms with Crippen molar-refractivity contribution in [1.29, 1.82) is 5.26 Å². The fourth-order valence-corrected chi connectivity index (χ4v) is 2.08. The molecule has 1 heterocycles. The summed E-state index contributed by atoms with van der Waals surface area (Å²) in [6.07, 6.45) is 0. The van der Waals surface area contributed by atoms with E-state index in [1.165, 1.54) is 0 Å². The van der Waals surface area contributed by atoms with E-state index in [1.54, 1.807) is 23.7 Å². The van der Waals surface area contributed by atoms with Gasteiger partial charge in [-0.15, -0.1) is 0 Å². The van der Waals surface area contributed by atoms with Crippen LogP contribution in [0.1, 0.15) is 23.7 Å². The molecule has 1 aromatic heterocycles. The van der Waals surface area contributed by atoms with E-state index in [0.29, 0.717) is 30.2 Å². The van der Waals surface area contributed by atoms with E-state index in [2.05, 4.69) is 10.4 Å². The highest BCUT2D eigenvalue weighted by molar-refractivity contribution is 5.59. The maximum absolute atomic E-state index is 11.1. The molecule has 0 saturated heterocycles. The lowest BCUT2D eigenvalue weighted by Gasteiger charge is -2.07. The van der Waals surface area contributed by atoms with Crippen LogP contribution in [0.15, 0.2) is 24.3 Å². The van der Waals surface area contributed by atoms with Gasteiger partial charge in [0.05, 0.1) is 16.6 Å². The van der Waals surface area contributed by atoms with Crippen molar-refractivity contribution in [3.05, 3.63) is 51.2 Å². The van der Waals surface area contributed by atoms with Gasteiger partial charge in [0.1, 0.15) is 5.69 Å². The molecule has 0 aliphatic heterocycles. The zero-order valence-corrected chi connectivity index (χ0v) is 11.8. The molecule has 0 fully saturated rings. The monoisotopic (exact) mass is 285 g/mol. The second-order valence-corrected chi connectivity index (χ2v) is 4.52. The van der Waals surface area contributed by atoms with Crippen LogP contribution in [0.5, 0.6) is 0 Å². The summed E-state index contributed by atoms with van der Waals surface area (Å²) >= 11 is 0. The summed E-state index contributed by atoms with van der Waals surface area (Å²) in [7, 11) is 0. The third-order valence-corrected chi connectivity index (χ3v) is 3.12. The Morgan fingerprint density at radius 3 is 2.62 bits per heavy atom. The van der Waals surface area contributed by atoms with Crippen LogP contribution < -0.4 is 5.32 Å². The molecule has 7 heteroatoms. The molecule has 2 aromatic rings. The highest BCUT2D eigenvalue weighted by atomic mass is 16.6. The average Bonchev–Trinajstić information content (AvgIpc) is 2.81. The van der Waals surface area contributed by atoms with Gasteiger partial charge in [-0.25, -0.2) is 4.68 Å². The van der Waals surface area contributed by atoms with Gasteiger partial charge < -0.3 is 5.32 Å². The van der Waals surface area contributed by atoms with E-state index < -0.39 is 4.92 Å². The zero-order valence-electron chi connectivity index (χ0n) is 11.8. The normalized spacial score (nSPS) is 10.1. The highest BCUT2D eigenvalue weighted by Gasteiger charge is 2.24. The average molecular weight is 285 g/mol. The van der Waals surface area contributed by atoms with Crippen molar-refractivity contribution in [2.75, 3.05) is 5.32 Å². The Labute approximate surface area is 122 Å². The van der Waals surface area contributed by atoms with Crippen molar-refractivity contribution >= 4 is 11.5 Å². The van der Waals surface area contributed by atoms with Crippen LogP contribution in [0.3, 0.4) is 0 Å². The number of benzene rings is 1. The number of aryl methyl sites for hydroxylation is 2. The summed E-state index contributed by atoms with van der Waals surface area (Å²) in [6, 6.07) is 9.11. The topological polar surface area (TPSA) is 96.8 Å². The van der Waals surface area contributed by atoms with Crippen molar-refractivity contribution in [1.82, 2.24) is 9.78 Å². The van der Waals surface area contributed by atoms with E-state index in [0.717, 1.165) is 5.56 Å². The largest absolute Gasteiger partial charge is 0.360 e. The van der Waals surface area contributed by atoms with E-state index in [4.69, 9.17) is 5.26 Å². The fraction of sp³-hybridized carbons (Fsp3) is 0.286. The van der Waals surface area contributed by atoms with Crippen LogP contribution in [-0.4, -0.2) is 14.7 Å². The molecule has 0 atom stereocenters. The van der Waals surface area contributed by atoms with E-state index in [1.807, 2.05) is 25.1 Å². The number of nitro groups is 1. The number of nitrogens with zero attached hydrogens (tertiary/aromatic N) is 4. The van der Waals surface area contributed by atoms with Gasteiger partial charge in [0.15, 0.2) is 0 Å². The van der Waals surface area contributed by atoms with Crippen molar-refractivity contribution < 1.29 is 4.92 Å². The first kappa shape index (κ1) is 14.5. The maximum Gasteiger partial charge on any atom is 0.333 e. The molecule has 2 rings (SSSR count). The lowest BCUT2D eigenvalue weighted by molar-refractivity contribution is -0.384. The number of aromatic nitrogens is 2. The quantitative estimate of drug-likeness (QED) is 0.672. The molecule has 7 nitrogen and oxygen atoms in total. The van der Waals surface area contributed by atoms with Crippen LogP contribution >= 0.6 is 0 Å². The molecule has 0 unspecified atom stereocenters. The van der Waals surface area contributed by atoms with Gasteiger partial charge >= 0.3 is 5.69 Å². The Hall–Kier alpha value is -2.88. The predicted molar refractivity (Wildman–Crippen MR) is 77.8 cm³/mol. The fourth-order valence-electron chi connectivity index (χ4n) is 2.08. The Balaban J connectivity index is 2.22. The third kappa shape index (κ3) is 3.00. The number of hydrogen-bond donors (Lipinski definition) is 1. The predicted octanol–water partition coefficient (Wildman–Crippen LogP) is 2.60. The first-order chi connectivity index (χ1) is 10.1. The minimum absolute atomic E-state index is 0.00509. The molecular weight excluding hydrogens is 270 g/mol. The van der Waals surface area contributed by atoms with Crippen molar-refractivity contribution in [2.24, 2.45) is 0 Å². The molecule has 0 aliphatic carbocycles. The SMILES string of the molecule is CCn1nc(C)c([N+](=O)[O-])c1NCc1ccc(C#N)cc1. The van der Waals surface area contributed by atoms with Crippen LogP contribution in [0, 0.1) is 28.4 Å². The second kappa shape index (κ2) is 6.05. The number of nitriles is 1. The van der Waals surface area contributed by atoms with Crippen molar-refractivity contribution in [2.45, 2.75) is 26.9 Å². The minimum atomic E-state index is -0.421. The molecule has 1 aromatic carbocycles. The summed E-state index contributed by atoms with van der Waals surface area (Å²) < 4.78 is 1.58. The number of rotatable bonds is 5. The Kier molecular flexibility index (Phi) is 4.18. The molecule has 0 bridgehead atoms. The highest BCUT2D eigenvalue weighted by Crippen LogP contribution is 2.28. The summed E-state index contributed by atoms with van der Waals surface area (Å²) in [4.78, 5) is 10.7. The van der Waals surface area contributed by atoms with Gasteiger partial charge in [-0.2, -0.15) is 10.4 Å². The molecule has 21 heavy (non-hydrogen) atoms. The van der Waals surface area contributed by atoms with Crippen LogP contribution in [0.25, 0.3) is 0 Å². The molecule has 0 aliphatic rings. The smallest absolute Gasteiger partial charge is 0.333 e. The maximum atomic E-state index is 11.1. The standard InChI is InChI=1S/C14H15N5O2/c1-3-18-14(13(19(20)21)10(2)17-18)16-9-12-6-4-11(8-15)5-7-12/h4-7,16H,3,9H2,1-2H3. The van der Waals surface area contributed by atoms with Gasteiger partial charge in [-0.3, -0.25) is 10.1 Å². The first-order valence-corrected chi connectivity index (χ1v) is 6.51. The minimum Gasteiger partial charge on any atom is -0.360 e. The molecule has 0 amide bonds.